The second kappa shape index (κ2) is 9.03. The summed E-state index contributed by atoms with van der Waals surface area (Å²) in [6.45, 7) is -0.665. The molecular weight excluding hydrogens is 306 g/mol. The maximum Gasteiger partial charge on any atom is 0.408 e. The molecule has 124 valence electrons. The van der Waals surface area contributed by atoms with E-state index in [0.717, 1.165) is 5.56 Å². The Morgan fingerprint density at radius 3 is 2.39 bits per heavy atom. The minimum absolute atomic E-state index is 0.0211. The molecule has 0 spiro atoms. The minimum atomic E-state index is -1.31. The average Bonchev–Trinajstić information content (AvgIpc) is 2.50. The summed E-state index contributed by atoms with van der Waals surface area (Å²) in [7, 11) is 0. The molecule has 3 amide bonds. The van der Waals surface area contributed by atoms with Gasteiger partial charge in [-0.2, -0.15) is 0 Å². The van der Waals surface area contributed by atoms with E-state index in [1.54, 1.807) is 30.3 Å². The molecule has 0 aromatic heterocycles. The molecule has 1 atom stereocenters. The monoisotopic (exact) mass is 323 g/mol. The van der Waals surface area contributed by atoms with Crippen LogP contribution >= 0.6 is 0 Å². The van der Waals surface area contributed by atoms with Gasteiger partial charge in [-0.3, -0.25) is 14.4 Å². The molecule has 0 saturated carbocycles. The van der Waals surface area contributed by atoms with Gasteiger partial charge in [0.05, 0.1) is 6.42 Å². The van der Waals surface area contributed by atoms with Gasteiger partial charge in [0, 0.05) is 0 Å². The Hall–Kier alpha value is -3.10. The van der Waals surface area contributed by atoms with Crippen LogP contribution in [0, 0.1) is 0 Å². The molecule has 0 saturated heterocycles. The SMILES string of the molecule is NC(=O)C[C@H](NC(=O)OCc1ccccc1)C(=O)NCC(=O)O. The summed E-state index contributed by atoms with van der Waals surface area (Å²) in [5, 5.41) is 12.7. The van der Waals surface area contributed by atoms with Crippen LogP contribution in [0.15, 0.2) is 30.3 Å². The van der Waals surface area contributed by atoms with Gasteiger partial charge in [0.2, 0.25) is 11.8 Å². The third-order valence-electron chi connectivity index (χ3n) is 2.64. The van der Waals surface area contributed by atoms with Gasteiger partial charge in [-0.05, 0) is 5.56 Å². The van der Waals surface area contributed by atoms with E-state index in [1.165, 1.54) is 0 Å². The van der Waals surface area contributed by atoms with E-state index >= 15 is 0 Å². The summed E-state index contributed by atoms with van der Waals surface area (Å²) in [6, 6.07) is 7.52. The Balaban J connectivity index is 2.54. The van der Waals surface area contributed by atoms with Crippen molar-refractivity contribution in [3.8, 4) is 0 Å². The lowest BCUT2D eigenvalue weighted by Gasteiger charge is -2.16. The highest BCUT2D eigenvalue weighted by Gasteiger charge is 2.23. The van der Waals surface area contributed by atoms with Gasteiger partial charge in [0.1, 0.15) is 19.2 Å². The second-order valence-electron chi connectivity index (χ2n) is 4.54. The molecule has 0 aliphatic heterocycles. The van der Waals surface area contributed by atoms with E-state index in [2.05, 4.69) is 10.6 Å². The van der Waals surface area contributed by atoms with Crippen LogP contribution in [0.1, 0.15) is 12.0 Å². The maximum absolute atomic E-state index is 11.7. The van der Waals surface area contributed by atoms with Crippen LogP contribution in [0.4, 0.5) is 4.79 Å². The number of carboxylic acids is 1. The molecule has 0 aliphatic rings. The predicted molar refractivity (Wildman–Crippen MR) is 78.0 cm³/mol. The molecule has 5 N–H and O–H groups in total. The first kappa shape index (κ1) is 18.0. The Labute approximate surface area is 131 Å². The smallest absolute Gasteiger partial charge is 0.408 e. The first-order valence-corrected chi connectivity index (χ1v) is 6.63. The summed E-state index contributed by atoms with van der Waals surface area (Å²) in [5.74, 6) is -2.94. The molecule has 0 bridgehead atoms. The minimum Gasteiger partial charge on any atom is -0.480 e. The van der Waals surface area contributed by atoms with Crippen molar-refractivity contribution in [1.29, 1.82) is 0 Å². The fourth-order valence-corrected chi connectivity index (χ4v) is 1.60. The zero-order valence-corrected chi connectivity index (χ0v) is 12.2. The zero-order valence-electron chi connectivity index (χ0n) is 12.2. The number of alkyl carbamates (subject to hydrolysis) is 1. The number of hydrogen-bond donors (Lipinski definition) is 4. The number of rotatable bonds is 8. The van der Waals surface area contributed by atoms with E-state index in [4.69, 9.17) is 15.6 Å². The summed E-state index contributed by atoms with van der Waals surface area (Å²) >= 11 is 0. The molecule has 0 fully saturated rings. The van der Waals surface area contributed by atoms with Gasteiger partial charge in [-0.25, -0.2) is 4.79 Å². The van der Waals surface area contributed by atoms with Crippen LogP contribution < -0.4 is 16.4 Å². The Morgan fingerprint density at radius 2 is 1.83 bits per heavy atom. The number of benzene rings is 1. The third-order valence-corrected chi connectivity index (χ3v) is 2.64. The third kappa shape index (κ3) is 7.46. The molecule has 0 unspecified atom stereocenters. The lowest BCUT2D eigenvalue weighted by Crippen LogP contribution is -2.49. The fourth-order valence-electron chi connectivity index (χ4n) is 1.60. The van der Waals surface area contributed by atoms with Crippen molar-refractivity contribution in [2.75, 3.05) is 6.54 Å². The summed E-state index contributed by atoms with van der Waals surface area (Å²) in [6.07, 6.45) is -1.41. The molecule has 9 heteroatoms. The molecular formula is C14H17N3O6. The number of carboxylic acid groups (broad SMARTS) is 1. The average molecular weight is 323 g/mol. The van der Waals surface area contributed by atoms with Crippen molar-refractivity contribution in [2.45, 2.75) is 19.1 Å². The predicted octanol–water partition coefficient (Wildman–Crippen LogP) is -0.642. The van der Waals surface area contributed by atoms with Crippen molar-refractivity contribution < 1.29 is 29.0 Å². The molecule has 1 aromatic rings. The first-order chi connectivity index (χ1) is 10.9. The van der Waals surface area contributed by atoms with Gasteiger partial charge in [-0.1, -0.05) is 30.3 Å². The van der Waals surface area contributed by atoms with Crippen LogP contribution in [-0.2, 0) is 25.7 Å². The number of hydrogen-bond acceptors (Lipinski definition) is 5. The molecule has 9 nitrogen and oxygen atoms in total. The number of aliphatic carboxylic acids is 1. The van der Waals surface area contributed by atoms with E-state index < -0.39 is 42.9 Å². The topological polar surface area (TPSA) is 148 Å². The highest BCUT2D eigenvalue weighted by atomic mass is 16.5. The zero-order chi connectivity index (χ0) is 17.2. The highest BCUT2D eigenvalue weighted by Crippen LogP contribution is 2.01. The van der Waals surface area contributed by atoms with E-state index in [0.29, 0.717) is 0 Å². The number of nitrogens with two attached hydrogens (primary N) is 1. The standard InChI is InChI=1S/C14H17N3O6/c15-11(18)6-10(13(21)16-7-12(19)20)17-14(22)23-8-9-4-2-1-3-5-9/h1-5,10H,6-8H2,(H2,15,18)(H,16,21)(H,17,22)(H,19,20)/t10-/m0/s1. The van der Waals surface area contributed by atoms with Crippen LogP contribution in [0.2, 0.25) is 0 Å². The fraction of sp³-hybridized carbons (Fsp3) is 0.286. The Morgan fingerprint density at radius 1 is 1.17 bits per heavy atom. The number of carbonyl (C=O) groups is 4. The molecule has 0 aliphatic carbocycles. The van der Waals surface area contributed by atoms with Gasteiger partial charge in [-0.15, -0.1) is 0 Å². The molecule has 1 rings (SSSR count). The number of ether oxygens (including phenoxy) is 1. The van der Waals surface area contributed by atoms with Gasteiger partial charge in [0.25, 0.3) is 0 Å². The van der Waals surface area contributed by atoms with Crippen LogP contribution in [0.25, 0.3) is 0 Å². The highest BCUT2D eigenvalue weighted by molar-refractivity contribution is 5.91. The lowest BCUT2D eigenvalue weighted by molar-refractivity contribution is -0.138. The largest absolute Gasteiger partial charge is 0.480 e. The first-order valence-electron chi connectivity index (χ1n) is 6.63. The van der Waals surface area contributed by atoms with Crippen molar-refractivity contribution >= 4 is 23.9 Å². The number of primary amides is 1. The van der Waals surface area contributed by atoms with Crippen LogP contribution in [-0.4, -0.2) is 41.6 Å². The summed E-state index contributed by atoms with van der Waals surface area (Å²) < 4.78 is 4.92. The maximum atomic E-state index is 11.7. The van der Waals surface area contributed by atoms with Gasteiger partial charge in [0.15, 0.2) is 0 Å². The van der Waals surface area contributed by atoms with Crippen molar-refractivity contribution in [1.82, 2.24) is 10.6 Å². The quantitative estimate of drug-likeness (QED) is 0.500. The summed E-state index contributed by atoms with van der Waals surface area (Å²) in [4.78, 5) is 44.8. The van der Waals surface area contributed by atoms with Crippen LogP contribution in [0.3, 0.4) is 0 Å². The molecule has 0 radical (unpaired) electrons. The van der Waals surface area contributed by atoms with Crippen LogP contribution in [0.5, 0.6) is 0 Å². The lowest BCUT2D eigenvalue weighted by atomic mass is 10.2. The van der Waals surface area contributed by atoms with Crippen molar-refractivity contribution in [3.63, 3.8) is 0 Å². The van der Waals surface area contributed by atoms with E-state index in [1.807, 2.05) is 0 Å². The summed E-state index contributed by atoms with van der Waals surface area (Å²) in [5.41, 5.74) is 5.74. The number of carbonyl (C=O) groups excluding carboxylic acids is 3. The van der Waals surface area contributed by atoms with Crippen molar-refractivity contribution in [3.05, 3.63) is 35.9 Å². The molecule has 23 heavy (non-hydrogen) atoms. The molecule has 1 aromatic carbocycles. The van der Waals surface area contributed by atoms with Gasteiger partial charge >= 0.3 is 12.1 Å². The molecule has 0 heterocycles. The Bertz CT molecular complexity index is 575. The van der Waals surface area contributed by atoms with Crippen molar-refractivity contribution in [2.24, 2.45) is 5.73 Å². The van der Waals surface area contributed by atoms with E-state index in [-0.39, 0.29) is 6.61 Å². The van der Waals surface area contributed by atoms with Gasteiger partial charge < -0.3 is 26.2 Å². The normalized spacial score (nSPS) is 11.1. The second-order valence-corrected chi connectivity index (χ2v) is 4.54. The number of amides is 3. The van der Waals surface area contributed by atoms with E-state index in [9.17, 15) is 19.2 Å². The Kier molecular flexibility index (Phi) is 7.05. The number of nitrogens with one attached hydrogen (secondary N) is 2.